The summed E-state index contributed by atoms with van der Waals surface area (Å²) in [6.45, 7) is 4.13. The van der Waals surface area contributed by atoms with Crippen molar-refractivity contribution in [2.24, 2.45) is 35.5 Å². The summed E-state index contributed by atoms with van der Waals surface area (Å²) in [5, 5.41) is 31.8. The highest BCUT2D eigenvalue weighted by Crippen LogP contribution is 2.50. The van der Waals surface area contributed by atoms with Gasteiger partial charge < -0.3 is 14.9 Å². The number of Topliss-reactive ketones (excluding diaryl/α,β-unsaturated/α-hetero) is 2. The molecule has 32 heavy (non-hydrogen) atoms. The van der Waals surface area contributed by atoms with Gasteiger partial charge in [0.15, 0.2) is 17.5 Å². The number of allylic oxidation sites excluding steroid dienone is 2. The van der Waals surface area contributed by atoms with Crippen molar-refractivity contribution in [3.8, 4) is 0 Å². The lowest BCUT2D eigenvalue weighted by Crippen LogP contribution is -2.55. The Labute approximate surface area is 186 Å². The third-order valence-corrected chi connectivity index (χ3v) is 8.43. The second-order valence-electron chi connectivity index (χ2n) is 10.5. The summed E-state index contributed by atoms with van der Waals surface area (Å²) in [6, 6.07) is 0. The molecule has 0 bridgehead atoms. The smallest absolute Gasteiger partial charge is 0.268 e. The van der Waals surface area contributed by atoms with Crippen LogP contribution in [0.5, 0.6) is 0 Å². The van der Waals surface area contributed by atoms with Crippen LogP contribution in [0.2, 0.25) is 0 Å². The van der Waals surface area contributed by atoms with E-state index in [0.717, 1.165) is 25.5 Å². The minimum absolute atomic E-state index is 0.0427. The van der Waals surface area contributed by atoms with Gasteiger partial charge in [-0.1, -0.05) is 32.4 Å². The van der Waals surface area contributed by atoms with E-state index in [1.807, 2.05) is 13.0 Å². The van der Waals surface area contributed by atoms with E-state index in [1.165, 1.54) is 0 Å². The number of ether oxygens (including phenoxy) is 1. The number of nitrogens with zero attached hydrogens (tertiary/aromatic N) is 1. The Balaban J connectivity index is 1.45. The highest BCUT2D eigenvalue weighted by molar-refractivity contribution is 6.26. The molecule has 0 aromatic heterocycles. The quantitative estimate of drug-likeness (QED) is 0.259. The fourth-order valence-electron chi connectivity index (χ4n) is 6.59. The molecule has 1 saturated heterocycles. The standard InChI is InChI=1S/C24H31NO7/c1-11-3-6-14-13(9-11)5-4-12(2)17(14)20(28)18-19(27)15(10-25(31)23(18)29)24(30)8-7-16(26)21-22(24)32-21/h4-5,10-14,16-18,21-22,26,30-31H,3,6-9H2,1-2H3/t11-,12-,13-,14-,16-,17-,18?,21-,22-,24+/m1/s1. The number of hydrogen-bond acceptors (Lipinski definition) is 7. The van der Waals surface area contributed by atoms with Crippen LogP contribution in [0.1, 0.15) is 46.0 Å². The third kappa shape index (κ3) is 3.22. The van der Waals surface area contributed by atoms with Crippen LogP contribution in [0.25, 0.3) is 0 Å². The number of carbonyl (C=O) groups is 3. The Morgan fingerprint density at radius 3 is 2.69 bits per heavy atom. The second-order valence-corrected chi connectivity index (χ2v) is 10.5. The molecule has 2 heterocycles. The minimum Gasteiger partial charge on any atom is -0.390 e. The van der Waals surface area contributed by atoms with E-state index >= 15 is 0 Å². The first-order valence-corrected chi connectivity index (χ1v) is 11.7. The van der Waals surface area contributed by atoms with Crippen LogP contribution < -0.4 is 0 Å². The highest BCUT2D eigenvalue weighted by atomic mass is 16.6. The topological polar surface area (TPSA) is 128 Å². The number of amides is 1. The number of rotatable bonds is 3. The predicted octanol–water partition coefficient (Wildman–Crippen LogP) is 1.38. The van der Waals surface area contributed by atoms with Gasteiger partial charge in [-0.15, -0.1) is 0 Å². The number of aliphatic hydroxyl groups is 2. The highest BCUT2D eigenvalue weighted by Gasteiger charge is 2.64. The van der Waals surface area contributed by atoms with Gasteiger partial charge in [0.05, 0.1) is 6.10 Å². The number of fused-ring (bicyclic) bond motifs is 2. The normalized spacial score (nSPS) is 48.1. The maximum Gasteiger partial charge on any atom is 0.268 e. The molecule has 1 amide bonds. The van der Waals surface area contributed by atoms with Crippen molar-refractivity contribution in [1.82, 2.24) is 5.06 Å². The Morgan fingerprint density at radius 2 is 1.94 bits per heavy atom. The molecule has 0 radical (unpaired) electrons. The average Bonchev–Trinajstić information content (AvgIpc) is 3.56. The molecule has 0 aromatic rings. The first-order valence-electron chi connectivity index (χ1n) is 11.7. The molecule has 8 heteroatoms. The van der Waals surface area contributed by atoms with Crippen molar-refractivity contribution in [2.45, 2.75) is 69.9 Å². The Kier molecular flexibility index (Phi) is 5.20. The van der Waals surface area contributed by atoms with E-state index in [0.29, 0.717) is 5.92 Å². The van der Waals surface area contributed by atoms with Gasteiger partial charge in [-0.3, -0.25) is 19.6 Å². The van der Waals surface area contributed by atoms with Crippen molar-refractivity contribution in [3.05, 3.63) is 23.9 Å². The number of hydroxylamine groups is 2. The van der Waals surface area contributed by atoms with Gasteiger partial charge in [-0.2, -0.15) is 5.06 Å². The fourth-order valence-corrected chi connectivity index (χ4v) is 6.59. The summed E-state index contributed by atoms with van der Waals surface area (Å²) in [6.07, 6.45) is 6.07. The van der Waals surface area contributed by atoms with Crippen molar-refractivity contribution < 1.29 is 34.5 Å². The lowest BCUT2D eigenvalue weighted by atomic mass is 9.60. The molecule has 3 aliphatic carbocycles. The van der Waals surface area contributed by atoms with Crippen LogP contribution in [0, 0.1) is 35.5 Å². The van der Waals surface area contributed by atoms with E-state index in [-0.39, 0.29) is 41.2 Å². The summed E-state index contributed by atoms with van der Waals surface area (Å²) in [5.41, 5.74) is -1.94. The molecule has 174 valence electrons. The van der Waals surface area contributed by atoms with Crippen LogP contribution in [-0.2, 0) is 19.1 Å². The van der Waals surface area contributed by atoms with Crippen molar-refractivity contribution in [1.29, 1.82) is 0 Å². The molecule has 2 saturated carbocycles. The summed E-state index contributed by atoms with van der Waals surface area (Å²) >= 11 is 0. The van der Waals surface area contributed by atoms with Gasteiger partial charge >= 0.3 is 0 Å². The number of carbonyl (C=O) groups excluding carboxylic acids is 3. The van der Waals surface area contributed by atoms with Crippen molar-refractivity contribution >= 4 is 17.5 Å². The maximum atomic E-state index is 13.7. The van der Waals surface area contributed by atoms with Crippen molar-refractivity contribution in [3.63, 3.8) is 0 Å². The van der Waals surface area contributed by atoms with Gasteiger partial charge in [0.2, 0.25) is 0 Å². The van der Waals surface area contributed by atoms with E-state index in [4.69, 9.17) is 4.74 Å². The van der Waals surface area contributed by atoms with E-state index in [1.54, 1.807) is 0 Å². The first kappa shape index (κ1) is 21.9. The Bertz CT molecular complexity index is 912. The predicted molar refractivity (Wildman–Crippen MR) is 111 cm³/mol. The van der Waals surface area contributed by atoms with Gasteiger partial charge in [0, 0.05) is 17.7 Å². The maximum absolute atomic E-state index is 13.7. The molecule has 10 atom stereocenters. The molecule has 1 unspecified atom stereocenters. The second kappa shape index (κ2) is 7.58. The molecule has 0 aromatic carbocycles. The summed E-state index contributed by atoms with van der Waals surface area (Å²) in [4.78, 5) is 40.1. The zero-order valence-corrected chi connectivity index (χ0v) is 18.4. The molecule has 5 rings (SSSR count). The monoisotopic (exact) mass is 445 g/mol. The lowest BCUT2D eigenvalue weighted by Gasteiger charge is -2.44. The Hall–Kier alpha value is -1.87. The van der Waals surface area contributed by atoms with Gasteiger partial charge in [0.1, 0.15) is 17.8 Å². The third-order valence-electron chi connectivity index (χ3n) is 8.43. The first-order chi connectivity index (χ1) is 15.1. The molecular formula is C24H31NO7. The van der Waals surface area contributed by atoms with Crippen molar-refractivity contribution in [2.75, 3.05) is 0 Å². The summed E-state index contributed by atoms with van der Waals surface area (Å²) in [7, 11) is 0. The van der Waals surface area contributed by atoms with E-state index < -0.39 is 53.2 Å². The molecule has 8 nitrogen and oxygen atoms in total. The number of epoxide rings is 1. The lowest BCUT2D eigenvalue weighted by molar-refractivity contribution is -0.168. The van der Waals surface area contributed by atoms with Crippen LogP contribution in [0.4, 0.5) is 0 Å². The average molecular weight is 446 g/mol. The van der Waals surface area contributed by atoms with Crippen LogP contribution >= 0.6 is 0 Å². The molecule has 3 N–H and O–H groups in total. The zero-order chi connectivity index (χ0) is 22.9. The molecule has 2 aliphatic heterocycles. The van der Waals surface area contributed by atoms with E-state index in [2.05, 4.69) is 13.0 Å². The summed E-state index contributed by atoms with van der Waals surface area (Å²) < 4.78 is 5.41. The summed E-state index contributed by atoms with van der Waals surface area (Å²) in [5.74, 6) is -3.63. The number of hydrogen-bond donors (Lipinski definition) is 3. The van der Waals surface area contributed by atoms with Gasteiger partial charge in [0.25, 0.3) is 5.91 Å². The number of ketones is 2. The zero-order valence-electron chi connectivity index (χ0n) is 18.4. The van der Waals surface area contributed by atoms with Crippen LogP contribution in [0.3, 0.4) is 0 Å². The Morgan fingerprint density at radius 1 is 1.19 bits per heavy atom. The van der Waals surface area contributed by atoms with Crippen LogP contribution in [-0.4, -0.2) is 61.9 Å². The van der Waals surface area contributed by atoms with Gasteiger partial charge in [-0.05, 0) is 49.4 Å². The van der Waals surface area contributed by atoms with Crippen LogP contribution in [0.15, 0.2) is 23.9 Å². The fraction of sp³-hybridized carbons (Fsp3) is 0.708. The largest absolute Gasteiger partial charge is 0.390 e. The molecular weight excluding hydrogens is 414 g/mol. The molecule has 3 fully saturated rings. The molecule has 0 spiro atoms. The SMILES string of the molecule is C[C@@H]1CC[C@H]2[C@H](C(=O)C3C(=O)C([C@@]4(O)CC[C@@H](O)[C@H]5O[C@H]54)=CN(O)C3=O)[C@H](C)C=C[C@@H]2C1. The van der Waals surface area contributed by atoms with Gasteiger partial charge in [-0.25, -0.2) is 0 Å². The number of aliphatic hydroxyl groups excluding tert-OH is 1. The van der Waals surface area contributed by atoms with E-state index in [9.17, 15) is 29.8 Å². The molecule has 5 aliphatic rings. The minimum atomic E-state index is -1.75.